The molecule has 1 aromatic rings. The van der Waals surface area contributed by atoms with Crippen molar-refractivity contribution in [1.29, 1.82) is 0 Å². The molecular formula is C12H18Se. The average molecular weight is 241 g/mol. The van der Waals surface area contributed by atoms with E-state index < -0.39 is 0 Å². The van der Waals surface area contributed by atoms with E-state index in [9.17, 15) is 0 Å². The molecule has 0 aliphatic rings. The molecule has 0 saturated carbocycles. The number of hydrogen-bond donors (Lipinski definition) is 0. The van der Waals surface area contributed by atoms with Crippen LogP contribution < -0.4 is 4.46 Å². The molecule has 0 heterocycles. The van der Waals surface area contributed by atoms with E-state index in [4.69, 9.17) is 0 Å². The summed E-state index contributed by atoms with van der Waals surface area (Å²) in [6.45, 7) is 6.98. The van der Waals surface area contributed by atoms with Crippen molar-refractivity contribution in [3.05, 3.63) is 30.3 Å². The van der Waals surface area contributed by atoms with Gasteiger partial charge in [0, 0.05) is 0 Å². The van der Waals surface area contributed by atoms with Gasteiger partial charge in [0.2, 0.25) is 0 Å². The summed E-state index contributed by atoms with van der Waals surface area (Å²) in [5.74, 6) is 1.69. The van der Waals surface area contributed by atoms with Gasteiger partial charge >= 0.3 is 87.7 Å². The van der Waals surface area contributed by atoms with Gasteiger partial charge in [-0.25, -0.2) is 0 Å². The summed E-state index contributed by atoms with van der Waals surface area (Å²) in [4.78, 5) is 0. The summed E-state index contributed by atoms with van der Waals surface area (Å²) < 4.78 is 1.53. The Balaban J connectivity index is 2.35. The van der Waals surface area contributed by atoms with Gasteiger partial charge in [-0.3, -0.25) is 0 Å². The second-order valence-corrected chi connectivity index (χ2v) is 6.14. The van der Waals surface area contributed by atoms with E-state index >= 15 is 0 Å². The third-order valence-corrected chi connectivity index (χ3v) is 5.12. The van der Waals surface area contributed by atoms with Crippen molar-refractivity contribution in [2.45, 2.75) is 26.1 Å². The molecule has 72 valence electrons. The van der Waals surface area contributed by atoms with Crippen molar-refractivity contribution < 1.29 is 0 Å². The number of benzene rings is 1. The van der Waals surface area contributed by atoms with Gasteiger partial charge in [0.15, 0.2) is 0 Å². The molecule has 1 unspecified atom stereocenters. The van der Waals surface area contributed by atoms with Gasteiger partial charge in [-0.05, 0) is 0 Å². The molecule has 0 radical (unpaired) electrons. The molecule has 0 fully saturated rings. The number of hydrogen-bond acceptors (Lipinski definition) is 0. The van der Waals surface area contributed by atoms with Crippen molar-refractivity contribution in [2.75, 3.05) is 0 Å². The van der Waals surface area contributed by atoms with E-state index in [1.165, 1.54) is 9.78 Å². The first-order chi connectivity index (χ1) is 6.20. The van der Waals surface area contributed by atoms with Crippen LogP contribution in [0.15, 0.2) is 30.3 Å². The topological polar surface area (TPSA) is 0 Å². The van der Waals surface area contributed by atoms with Gasteiger partial charge in [-0.1, -0.05) is 0 Å². The molecule has 0 aromatic heterocycles. The molecule has 0 aliphatic heterocycles. The van der Waals surface area contributed by atoms with Gasteiger partial charge in [-0.15, -0.1) is 0 Å². The molecule has 0 nitrogen and oxygen atoms in total. The third kappa shape index (κ3) is 3.97. The molecule has 1 aromatic carbocycles. The third-order valence-electron chi connectivity index (χ3n) is 2.39. The van der Waals surface area contributed by atoms with Crippen molar-refractivity contribution >= 4 is 19.4 Å². The van der Waals surface area contributed by atoms with Gasteiger partial charge in [0.1, 0.15) is 0 Å². The Morgan fingerprint density at radius 3 is 2.23 bits per heavy atom. The maximum absolute atomic E-state index is 2.36. The van der Waals surface area contributed by atoms with E-state index in [1.54, 1.807) is 0 Å². The van der Waals surface area contributed by atoms with Crippen LogP contribution in [0.1, 0.15) is 20.8 Å². The Bertz CT molecular complexity index is 228. The van der Waals surface area contributed by atoms with E-state index in [0.29, 0.717) is 15.0 Å². The molecule has 0 aliphatic carbocycles. The first-order valence-electron chi connectivity index (χ1n) is 4.88. The molecule has 1 rings (SSSR count). The Labute approximate surface area is 87.9 Å². The summed E-state index contributed by atoms with van der Waals surface area (Å²) in [6, 6.07) is 10.8. The van der Waals surface area contributed by atoms with Gasteiger partial charge in [0.25, 0.3) is 0 Å². The van der Waals surface area contributed by atoms with Gasteiger partial charge < -0.3 is 0 Å². The number of rotatable bonds is 4. The zero-order valence-corrected chi connectivity index (χ0v) is 10.4. The monoisotopic (exact) mass is 242 g/mol. The minimum atomic E-state index is 0.672. The van der Waals surface area contributed by atoms with Crippen molar-refractivity contribution in [2.24, 2.45) is 11.8 Å². The Hall–Kier alpha value is -0.261. The summed E-state index contributed by atoms with van der Waals surface area (Å²) in [5.41, 5.74) is 0. The van der Waals surface area contributed by atoms with Crippen molar-refractivity contribution in [3.63, 3.8) is 0 Å². The van der Waals surface area contributed by atoms with Crippen LogP contribution in [0.3, 0.4) is 0 Å². The van der Waals surface area contributed by atoms with Crippen molar-refractivity contribution in [1.82, 2.24) is 0 Å². The van der Waals surface area contributed by atoms with Crippen LogP contribution in [0.2, 0.25) is 5.32 Å². The molecule has 0 saturated heterocycles. The van der Waals surface area contributed by atoms with Crippen LogP contribution in [0, 0.1) is 11.8 Å². The average Bonchev–Trinajstić information content (AvgIpc) is 2.15. The first kappa shape index (κ1) is 10.8. The van der Waals surface area contributed by atoms with E-state index in [2.05, 4.69) is 51.1 Å². The van der Waals surface area contributed by atoms with Crippen LogP contribution >= 0.6 is 0 Å². The van der Waals surface area contributed by atoms with Gasteiger partial charge in [0.05, 0.1) is 0 Å². The Morgan fingerprint density at radius 2 is 1.69 bits per heavy atom. The normalized spacial score (nSPS) is 13.2. The fraction of sp³-hybridized carbons (Fsp3) is 0.500. The Kier molecular flexibility index (Phi) is 4.55. The van der Waals surface area contributed by atoms with Crippen LogP contribution in [0.4, 0.5) is 0 Å². The van der Waals surface area contributed by atoms with Gasteiger partial charge in [-0.2, -0.15) is 0 Å². The van der Waals surface area contributed by atoms with Crippen LogP contribution in [-0.4, -0.2) is 15.0 Å². The zero-order valence-electron chi connectivity index (χ0n) is 8.66. The fourth-order valence-corrected chi connectivity index (χ4v) is 3.43. The molecule has 0 amide bonds. The molecule has 1 heteroatoms. The Morgan fingerprint density at radius 1 is 1.08 bits per heavy atom. The summed E-state index contributed by atoms with van der Waals surface area (Å²) in [6.07, 6.45) is 0. The molecule has 13 heavy (non-hydrogen) atoms. The van der Waals surface area contributed by atoms with Crippen molar-refractivity contribution in [3.8, 4) is 0 Å². The predicted octanol–water partition coefficient (Wildman–Crippen LogP) is 2.73. The van der Waals surface area contributed by atoms with Crippen LogP contribution in [0.5, 0.6) is 0 Å². The SMILES string of the molecule is CC(C)C(C)C[Se]c1ccccc1. The van der Waals surface area contributed by atoms with Crippen LogP contribution in [-0.2, 0) is 0 Å². The summed E-state index contributed by atoms with van der Waals surface area (Å²) in [5, 5.41) is 1.37. The fourth-order valence-electron chi connectivity index (χ4n) is 0.937. The summed E-state index contributed by atoms with van der Waals surface area (Å²) >= 11 is 0.672. The molecule has 0 spiro atoms. The quantitative estimate of drug-likeness (QED) is 0.711. The van der Waals surface area contributed by atoms with E-state index in [0.717, 1.165) is 11.8 Å². The molecule has 0 bridgehead atoms. The molecule has 1 atom stereocenters. The van der Waals surface area contributed by atoms with E-state index in [1.807, 2.05) is 0 Å². The maximum atomic E-state index is 2.36. The predicted molar refractivity (Wildman–Crippen MR) is 60.6 cm³/mol. The van der Waals surface area contributed by atoms with Crippen LogP contribution in [0.25, 0.3) is 0 Å². The molecule has 0 N–H and O–H groups in total. The second kappa shape index (κ2) is 5.47. The summed E-state index contributed by atoms with van der Waals surface area (Å²) in [7, 11) is 0. The van der Waals surface area contributed by atoms with E-state index in [-0.39, 0.29) is 0 Å². The zero-order chi connectivity index (χ0) is 9.68. The molecular weight excluding hydrogens is 223 g/mol. The minimum absolute atomic E-state index is 0.672. The first-order valence-corrected chi connectivity index (χ1v) is 6.94. The second-order valence-electron chi connectivity index (χ2n) is 3.85. The standard InChI is InChI=1S/C12H18Se/c1-10(2)11(3)9-13-12-7-5-4-6-8-12/h4-8,10-11H,9H2,1-3H3.